The number of hydrogen-bond donors (Lipinski definition) is 2. The first-order valence-corrected chi connectivity index (χ1v) is 5.08. The molecule has 0 radical (unpaired) electrons. The molecular weight excluding hydrogens is 190 g/mol. The summed E-state index contributed by atoms with van der Waals surface area (Å²) in [6, 6.07) is 6.28. The molecule has 2 N–H and O–H groups in total. The van der Waals surface area contributed by atoms with Crippen LogP contribution in [0.5, 0.6) is 0 Å². The standard InChI is InChI=1S/C12H17NO2/c1-9-3-4-11(7-10(9)2)8-13-6-5-12(14)15/h3-4,7,13H,5-6,8H2,1-2H3,(H,14,15). The van der Waals surface area contributed by atoms with E-state index in [1.165, 1.54) is 16.7 Å². The molecule has 1 aromatic rings. The lowest BCUT2D eigenvalue weighted by molar-refractivity contribution is -0.136. The Hall–Kier alpha value is -1.35. The van der Waals surface area contributed by atoms with Crippen LogP contribution in [0.15, 0.2) is 18.2 Å². The third-order valence-electron chi connectivity index (χ3n) is 2.42. The van der Waals surface area contributed by atoms with Crippen LogP contribution < -0.4 is 5.32 Å². The van der Waals surface area contributed by atoms with E-state index in [0.717, 1.165) is 6.54 Å². The van der Waals surface area contributed by atoms with Gasteiger partial charge in [0.05, 0.1) is 6.42 Å². The fraction of sp³-hybridized carbons (Fsp3) is 0.417. The SMILES string of the molecule is Cc1ccc(CNCCC(=O)O)cc1C. The number of rotatable bonds is 5. The van der Waals surface area contributed by atoms with Crippen molar-refractivity contribution >= 4 is 5.97 Å². The van der Waals surface area contributed by atoms with Crippen molar-refractivity contribution in [2.45, 2.75) is 26.8 Å². The molecule has 0 saturated heterocycles. The number of aryl methyl sites for hydroxylation is 2. The zero-order chi connectivity index (χ0) is 11.3. The fourth-order valence-corrected chi connectivity index (χ4v) is 1.34. The van der Waals surface area contributed by atoms with Crippen LogP contribution in [0.2, 0.25) is 0 Å². The summed E-state index contributed by atoms with van der Waals surface area (Å²) in [4.78, 5) is 10.3. The zero-order valence-corrected chi connectivity index (χ0v) is 9.21. The Kier molecular flexibility index (Phi) is 4.31. The molecule has 0 atom stereocenters. The molecule has 0 aliphatic rings. The van der Waals surface area contributed by atoms with Crippen molar-refractivity contribution in [2.75, 3.05) is 6.54 Å². The van der Waals surface area contributed by atoms with E-state index in [4.69, 9.17) is 5.11 Å². The van der Waals surface area contributed by atoms with Gasteiger partial charge in [-0.15, -0.1) is 0 Å². The van der Waals surface area contributed by atoms with Crippen LogP contribution in [-0.2, 0) is 11.3 Å². The topological polar surface area (TPSA) is 49.3 Å². The molecule has 0 spiro atoms. The minimum Gasteiger partial charge on any atom is -0.481 e. The summed E-state index contributed by atoms with van der Waals surface area (Å²) in [6.07, 6.45) is 0.171. The largest absolute Gasteiger partial charge is 0.481 e. The highest BCUT2D eigenvalue weighted by Gasteiger charge is 1.98. The summed E-state index contributed by atoms with van der Waals surface area (Å²) in [5, 5.41) is 11.6. The van der Waals surface area contributed by atoms with E-state index in [1.807, 2.05) is 0 Å². The third-order valence-corrected chi connectivity index (χ3v) is 2.42. The molecule has 0 amide bonds. The molecule has 1 rings (SSSR count). The van der Waals surface area contributed by atoms with E-state index >= 15 is 0 Å². The van der Waals surface area contributed by atoms with Crippen molar-refractivity contribution in [3.8, 4) is 0 Å². The lowest BCUT2D eigenvalue weighted by Gasteiger charge is -2.06. The van der Waals surface area contributed by atoms with Crippen LogP contribution in [0.1, 0.15) is 23.1 Å². The molecule has 3 heteroatoms. The Morgan fingerprint density at radius 1 is 1.33 bits per heavy atom. The van der Waals surface area contributed by atoms with E-state index < -0.39 is 5.97 Å². The van der Waals surface area contributed by atoms with Gasteiger partial charge in [-0.05, 0) is 30.5 Å². The Morgan fingerprint density at radius 3 is 2.67 bits per heavy atom. The average Bonchev–Trinajstić information content (AvgIpc) is 2.18. The molecule has 0 fully saturated rings. The molecule has 0 bridgehead atoms. The van der Waals surface area contributed by atoms with Crippen molar-refractivity contribution in [3.63, 3.8) is 0 Å². The van der Waals surface area contributed by atoms with Gasteiger partial charge in [0.1, 0.15) is 0 Å². The highest BCUT2D eigenvalue weighted by Crippen LogP contribution is 2.09. The van der Waals surface area contributed by atoms with Gasteiger partial charge in [0.15, 0.2) is 0 Å². The normalized spacial score (nSPS) is 10.3. The molecule has 82 valence electrons. The van der Waals surface area contributed by atoms with Gasteiger partial charge < -0.3 is 10.4 Å². The van der Waals surface area contributed by atoms with Crippen molar-refractivity contribution in [1.82, 2.24) is 5.32 Å². The second-order valence-corrected chi connectivity index (χ2v) is 3.74. The quantitative estimate of drug-likeness (QED) is 0.725. The number of carboxylic acids is 1. The van der Waals surface area contributed by atoms with Crippen LogP contribution in [0.25, 0.3) is 0 Å². The summed E-state index contributed by atoms with van der Waals surface area (Å²) < 4.78 is 0. The van der Waals surface area contributed by atoms with Crippen molar-refractivity contribution in [3.05, 3.63) is 34.9 Å². The van der Waals surface area contributed by atoms with Crippen LogP contribution in [-0.4, -0.2) is 17.6 Å². The number of aliphatic carboxylic acids is 1. The minimum absolute atomic E-state index is 0.171. The summed E-state index contributed by atoms with van der Waals surface area (Å²) in [5.74, 6) is -0.761. The number of carbonyl (C=O) groups is 1. The number of nitrogens with one attached hydrogen (secondary N) is 1. The lowest BCUT2D eigenvalue weighted by atomic mass is 10.1. The van der Waals surface area contributed by atoms with E-state index in [2.05, 4.69) is 37.4 Å². The van der Waals surface area contributed by atoms with Crippen molar-refractivity contribution in [1.29, 1.82) is 0 Å². The minimum atomic E-state index is -0.761. The Morgan fingerprint density at radius 2 is 2.07 bits per heavy atom. The Labute approximate surface area is 90.1 Å². The molecule has 3 nitrogen and oxygen atoms in total. The zero-order valence-electron chi connectivity index (χ0n) is 9.21. The highest BCUT2D eigenvalue weighted by molar-refractivity contribution is 5.66. The Bertz CT molecular complexity index is 347. The van der Waals surface area contributed by atoms with E-state index in [9.17, 15) is 4.79 Å². The van der Waals surface area contributed by atoms with Crippen LogP contribution in [0.4, 0.5) is 0 Å². The van der Waals surface area contributed by atoms with Gasteiger partial charge in [0, 0.05) is 13.1 Å². The van der Waals surface area contributed by atoms with Gasteiger partial charge in [-0.1, -0.05) is 18.2 Å². The maximum Gasteiger partial charge on any atom is 0.304 e. The molecular formula is C12H17NO2. The summed E-state index contributed by atoms with van der Waals surface area (Å²) >= 11 is 0. The smallest absolute Gasteiger partial charge is 0.304 e. The maximum absolute atomic E-state index is 10.3. The molecule has 0 aliphatic heterocycles. The second-order valence-electron chi connectivity index (χ2n) is 3.74. The molecule has 0 unspecified atom stereocenters. The average molecular weight is 207 g/mol. The van der Waals surface area contributed by atoms with Crippen LogP contribution in [0, 0.1) is 13.8 Å². The first-order valence-electron chi connectivity index (χ1n) is 5.08. The van der Waals surface area contributed by atoms with Gasteiger partial charge in [-0.2, -0.15) is 0 Å². The van der Waals surface area contributed by atoms with E-state index in [1.54, 1.807) is 0 Å². The molecule has 15 heavy (non-hydrogen) atoms. The van der Waals surface area contributed by atoms with Crippen molar-refractivity contribution < 1.29 is 9.90 Å². The molecule has 0 aliphatic carbocycles. The van der Waals surface area contributed by atoms with Gasteiger partial charge in [-0.3, -0.25) is 4.79 Å². The molecule has 0 heterocycles. The first-order chi connectivity index (χ1) is 7.09. The monoisotopic (exact) mass is 207 g/mol. The highest BCUT2D eigenvalue weighted by atomic mass is 16.4. The van der Waals surface area contributed by atoms with E-state index in [-0.39, 0.29) is 6.42 Å². The summed E-state index contributed by atoms with van der Waals surface area (Å²) in [5.41, 5.74) is 3.75. The second kappa shape index (κ2) is 5.51. The first kappa shape index (κ1) is 11.7. The molecule has 0 aromatic heterocycles. The Balaban J connectivity index is 2.38. The number of carboxylic acid groups (broad SMARTS) is 1. The number of benzene rings is 1. The molecule has 1 aromatic carbocycles. The predicted molar refractivity (Wildman–Crippen MR) is 59.9 cm³/mol. The maximum atomic E-state index is 10.3. The third kappa shape index (κ3) is 4.13. The number of hydrogen-bond acceptors (Lipinski definition) is 2. The lowest BCUT2D eigenvalue weighted by Crippen LogP contribution is -2.17. The van der Waals surface area contributed by atoms with Crippen LogP contribution >= 0.6 is 0 Å². The van der Waals surface area contributed by atoms with Crippen molar-refractivity contribution in [2.24, 2.45) is 0 Å². The van der Waals surface area contributed by atoms with Gasteiger partial charge in [-0.25, -0.2) is 0 Å². The van der Waals surface area contributed by atoms with Gasteiger partial charge >= 0.3 is 5.97 Å². The summed E-state index contributed by atoms with van der Waals surface area (Å²) in [7, 11) is 0. The predicted octanol–water partition coefficient (Wildman–Crippen LogP) is 1.87. The van der Waals surface area contributed by atoms with Crippen LogP contribution in [0.3, 0.4) is 0 Å². The van der Waals surface area contributed by atoms with Gasteiger partial charge in [0.2, 0.25) is 0 Å². The van der Waals surface area contributed by atoms with Gasteiger partial charge in [0.25, 0.3) is 0 Å². The van der Waals surface area contributed by atoms with E-state index in [0.29, 0.717) is 6.54 Å². The molecule has 0 saturated carbocycles. The summed E-state index contributed by atoms with van der Waals surface area (Å²) in [6.45, 7) is 5.41. The fourth-order valence-electron chi connectivity index (χ4n) is 1.34.